The Morgan fingerprint density at radius 1 is 1.23 bits per heavy atom. The van der Waals surface area contributed by atoms with Gasteiger partial charge in [0.1, 0.15) is 0 Å². The third kappa shape index (κ3) is 5.29. The summed E-state index contributed by atoms with van der Waals surface area (Å²) < 4.78 is 0. The Balaban J connectivity index is 1.57. The molecule has 2 aliphatic rings. The lowest BCUT2D eigenvalue weighted by Crippen LogP contribution is -2.46. The standard InChI is InChI=1S/C15H25N3O4/c19-13(3-1-7-18-8-2-4-14(18)20)16-12-5-9-17(10-6-12)11-15(21)22/h12H,1-11H2,(H,16,19)(H,21,22). The Labute approximate surface area is 130 Å². The van der Waals surface area contributed by atoms with Crippen molar-refractivity contribution in [1.82, 2.24) is 15.1 Å². The number of nitrogens with one attached hydrogen (secondary N) is 1. The van der Waals surface area contributed by atoms with E-state index in [1.807, 2.05) is 9.80 Å². The number of carbonyl (C=O) groups excluding carboxylic acids is 2. The Morgan fingerprint density at radius 3 is 2.55 bits per heavy atom. The second-order valence-corrected chi connectivity index (χ2v) is 6.10. The maximum atomic E-state index is 11.9. The van der Waals surface area contributed by atoms with Crippen LogP contribution in [-0.4, -0.2) is 71.5 Å². The predicted molar refractivity (Wildman–Crippen MR) is 80.3 cm³/mol. The molecule has 0 radical (unpaired) electrons. The molecule has 2 saturated heterocycles. The summed E-state index contributed by atoms with van der Waals surface area (Å²) in [4.78, 5) is 37.7. The molecule has 2 amide bonds. The Bertz CT molecular complexity index is 419. The van der Waals surface area contributed by atoms with Gasteiger partial charge in [-0.3, -0.25) is 19.3 Å². The number of likely N-dealkylation sites (tertiary alicyclic amines) is 2. The van der Waals surface area contributed by atoms with E-state index in [1.165, 1.54) is 0 Å². The fourth-order valence-corrected chi connectivity index (χ4v) is 3.10. The van der Waals surface area contributed by atoms with Crippen LogP contribution in [0.5, 0.6) is 0 Å². The topological polar surface area (TPSA) is 89.9 Å². The van der Waals surface area contributed by atoms with Gasteiger partial charge in [-0.25, -0.2) is 0 Å². The summed E-state index contributed by atoms with van der Waals surface area (Å²) in [5.74, 6) is -0.575. The summed E-state index contributed by atoms with van der Waals surface area (Å²) in [6.45, 7) is 2.98. The second kappa shape index (κ2) is 8.12. The molecule has 7 heteroatoms. The molecule has 124 valence electrons. The maximum absolute atomic E-state index is 11.9. The third-order valence-electron chi connectivity index (χ3n) is 4.31. The molecule has 0 spiro atoms. The first-order valence-corrected chi connectivity index (χ1v) is 8.06. The first-order chi connectivity index (χ1) is 10.5. The van der Waals surface area contributed by atoms with Gasteiger partial charge in [0, 0.05) is 45.1 Å². The zero-order chi connectivity index (χ0) is 15.9. The lowest BCUT2D eigenvalue weighted by atomic mass is 10.0. The lowest BCUT2D eigenvalue weighted by Gasteiger charge is -2.31. The van der Waals surface area contributed by atoms with Crippen LogP contribution in [0.2, 0.25) is 0 Å². The zero-order valence-corrected chi connectivity index (χ0v) is 12.9. The van der Waals surface area contributed by atoms with Crippen LogP contribution < -0.4 is 5.32 Å². The van der Waals surface area contributed by atoms with Gasteiger partial charge < -0.3 is 15.3 Å². The lowest BCUT2D eigenvalue weighted by molar-refractivity contribution is -0.138. The van der Waals surface area contributed by atoms with Crippen LogP contribution >= 0.6 is 0 Å². The normalized spacial score (nSPS) is 20.4. The molecular weight excluding hydrogens is 286 g/mol. The summed E-state index contributed by atoms with van der Waals surface area (Å²) in [6.07, 6.45) is 4.31. The predicted octanol–water partition coefficient (Wildman–Crippen LogP) is 0.0542. The smallest absolute Gasteiger partial charge is 0.317 e. The van der Waals surface area contributed by atoms with Gasteiger partial charge in [-0.2, -0.15) is 0 Å². The van der Waals surface area contributed by atoms with Gasteiger partial charge in [0.05, 0.1) is 6.54 Å². The fourth-order valence-electron chi connectivity index (χ4n) is 3.10. The van der Waals surface area contributed by atoms with E-state index in [0.717, 1.165) is 25.8 Å². The van der Waals surface area contributed by atoms with Crippen LogP contribution in [0.25, 0.3) is 0 Å². The molecule has 2 rings (SSSR count). The number of rotatable bonds is 7. The van der Waals surface area contributed by atoms with Crippen molar-refractivity contribution in [2.45, 2.75) is 44.6 Å². The Kier molecular flexibility index (Phi) is 6.18. The molecule has 0 aromatic carbocycles. The van der Waals surface area contributed by atoms with Gasteiger partial charge in [0.25, 0.3) is 0 Å². The van der Waals surface area contributed by atoms with Crippen LogP contribution in [0, 0.1) is 0 Å². The largest absolute Gasteiger partial charge is 0.480 e. The summed E-state index contributed by atoms with van der Waals surface area (Å²) in [7, 11) is 0. The molecule has 0 aliphatic carbocycles. The van der Waals surface area contributed by atoms with Crippen molar-refractivity contribution in [2.24, 2.45) is 0 Å². The summed E-state index contributed by atoms with van der Waals surface area (Å²) in [6, 6.07) is 0.144. The Hall–Kier alpha value is -1.63. The average Bonchev–Trinajstić information content (AvgIpc) is 2.86. The first kappa shape index (κ1) is 16.7. The van der Waals surface area contributed by atoms with E-state index in [4.69, 9.17) is 5.11 Å². The van der Waals surface area contributed by atoms with Gasteiger partial charge in [-0.05, 0) is 25.7 Å². The van der Waals surface area contributed by atoms with Crippen molar-refractivity contribution < 1.29 is 19.5 Å². The third-order valence-corrected chi connectivity index (χ3v) is 4.31. The molecular formula is C15H25N3O4. The summed E-state index contributed by atoms with van der Waals surface area (Å²) >= 11 is 0. The monoisotopic (exact) mass is 311 g/mol. The van der Waals surface area contributed by atoms with E-state index < -0.39 is 5.97 Å². The van der Waals surface area contributed by atoms with Crippen LogP contribution in [0.4, 0.5) is 0 Å². The van der Waals surface area contributed by atoms with Crippen molar-refractivity contribution >= 4 is 17.8 Å². The van der Waals surface area contributed by atoms with Gasteiger partial charge >= 0.3 is 5.97 Å². The van der Waals surface area contributed by atoms with Gasteiger partial charge in [-0.15, -0.1) is 0 Å². The maximum Gasteiger partial charge on any atom is 0.317 e. The zero-order valence-electron chi connectivity index (χ0n) is 12.9. The van der Waals surface area contributed by atoms with Crippen molar-refractivity contribution in [2.75, 3.05) is 32.7 Å². The van der Waals surface area contributed by atoms with Crippen LogP contribution in [0.15, 0.2) is 0 Å². The molecule has 22 heavy (non-hydrogen) atoms. The van der Waals surface area contributed by atoms with Gasteiger partial charge in [-0.1, -0.05) is 0 Å². The fraction of sp³-hybridized carbons (Fsp3) is 0.800. The SMILES string of the molecule is O=C(O)CN1CCC(NC(=O)CCCN2CCCC2=O)CC1. The average molecular weight is 311 g/mol. The highest BCUT2D eigenvalue weighted by Gasteiger charge is 2.22. The van der Waals surface area contributed by atoms with E-state index in [-0.39, 0.29) is 24.4 Å². The summed E-state index contributed by atoms with van der Waals surface area (Å²) in [5.41, 5.74) is 0. The van der Waals surface area contributed by atoms with Crippen molar-refractivity contribution in [3.8, 4) is 0 Å². The van der Waals surface area contributed by atoms with Gasteiger partial charge in [0.15, 0.2) is 0 Å². The van der Waals surface area contributed by atoms with E-state index >= 15 is 0 Å². The van der Waals surface area contributed by atoms with Crippen molar-refractivity contribution in [1.29, 1.82) is 0 Å². The van der Waals surface area contributed by atoms with E-state index in [9.17, 15) is 14.4 Å². The molecule has 2 heterocycles. The number of nitrogens with zero attached hydrogens (tertiary/aromatic N) is 2. The molecule has 0 unspecified atom stereocenters. The van der Waals surface area contributed by atoms with E-state index in [1.54, 1.807) is 0 Å². The minimum Gasteiger partial charge on any atom is -0.480 e. The van der Waals surface area contributed by atoms with Gasteiger partial charge in [0.2, 0.25) is 11.8 Å². The number of amides is 2. The van der Waals surface area contributed by atoms with E-state index in [0.29, 0.717) is 38.9 Å². The number of carbonyl (C=O) groups is 3. The van der Waals surface area contributed by atoms with Crippen molar-refractivity contribution in [3.63, 3.8) is 0 Å². The first-order valence-electron chi connectivity index (χ1n) is 8.06. The molecule has 0 bridgehead atoms. The molecule has 0 aromatic rings. The quantitative estimate of drug-likeness (QED) is 0.693. The Morgan fingerprint density at radius 2 is 1.95 bits per heavy atom. The molecule has 0 aromatic heterocycles. The highest BCUT2D eigenvalue weighted by atomic mass is 16.4. The molecule has 0 saturated carbocycles. The van der Waals surface area contributed by atoms with Crippen LogP contribution in [0.3, 0.4) is 0 Å². The highest BCUT2D eigenvalue weighted by molar-refractivity contribution is 5.78. The summed E-state index contributed by atoms with van der Waals surface area (Å²) in [5, 5.41) is 11.8. The van der Waals surface area contributed by atoms with Crippen LogP contribution in [-0.2, 0) is 14.4 Å². The van der Waals surface area contributed by atoms with Crippen LogP contribution in [0.1, 0.15) is 38.5 Å². The minimum atomic E-state index is -0.807. The number of carboxylic acid groups (broad SMARTS) is 1. The number of piperidine rings is 1. The number of hydrogen-bond donors (Lipinski definition) is 2. The molecule has 2 fully saturated rings. The number of aliphatic carboxylic acids is 1. The molecule has 7 nitrogen and oxygen atoms in total. The minimum absolute atomic E-state index is 0.0309. The highest BCUT2D eigenvalue weighted by Crippen LogP contribution is 2.12. The second-order valence-electron chi connectivity index (χ2n) is 6.10. The molecule has 2 aliphatic heterocycles. The molecule has 2 N–H and O–H groups in total. The van der Waals surface area contributed by atoms with E-state index in [2.05, 4.69) is 5.32 Å². The van der Waals surface area contributed by atoms with Crippen molar-refractivity contribution in [3.05, 3.63) is 0 Å². The number of hydrogen-bond acceptors (Lipinski definition) is 4. The molecule has 0 atom stereocenters. The number of carboxylic acids is 1.